The quantitative estimate of drug-likeness (QED) is 0.656. The van der Waals surface area contributed by atoms with E-state index in [1.165, 1.54) is 24.2 Å². The Balaban J connectivity index is 1.60. The number of fused-ring (bicyclic) bond motifs is 1. The molecule has 7 heteroatoms. The number of aryl methyl sites for hydroxylation is 1. The lowest BCUT2D eigenvalue weighted by Gasteiger charge is -2.14. The lowest BCUT2D eigenvalue weighted by atomic mass is 10.1. The molecule has 3 rings (SSSR count). The van der Waals surface area contributed by atoms with Crippen molar-refractivity contribution in [2.75, 3.05) is 13.1 Å². The second-order valence-corrected chi connectivity index (χ2v) is 6.24. The van der Waals surface area contributed by atoms with Gasteiger partial charge >= 0.3 is 0 Å². The molecule has 2 aromatic rings. The number of amides is 2. The lowest BCUT2D eigenvalue weighted by molar-refractivity contribution is -0.118. The van der Waals surface area contributed by atoms with Gasteiger partial charge in [-0.2, -0.15) is 0 Å². The van der Waals surface area contributed by atoms with Crippen LogP contribution in [-0.4, -0.2) is 29.9 Å². The number of nitrogens with one attached hydrogen (secondary N) is 2. The Kier molecular flexibility index (Phi) is 5.48. The molecule has 2 amide bonds. The van der Waals surface area contributed by atoms with E-state index >= 15 is 0 Å². The van der Waals surface area contributed by atoms with Gasteiger partial charge in [0.25, 0.3) is 0 Å². The van der Waals surface area contributed by atoms with E-state index in [0.29, 0.717) is 29.8 Å². The first kappa shape index (κ1) is 17.9. The summed E-state index contributed by atoms with van der Waals surface area (Å²) in [6.07, 6.45) is 3.39. The molecule has 26 heavy (non-hydrogen) atoms. The second-order valence-electron chi connectivity index (χ2n) is 6.24. The molecule has 0 fully saturated rings. The van der Waals surface area contributed by atoms with Gasteiger partial charge in [0, 0.05) is 38.3 Å². The van der Waals surface area contributed by atoms with Crippen molar-refractivity contribution >= 4 is 11.8 Å². The van der Waals surface area contributed by atoms with E-state index in [-0.39, 0.29) is 5.91 Å². The molecule has 1 unspecified atom stereocenters. The highest BCUT2D eigenvalue weighted by molar-refractivity contribution is 5.92. The summed E-state index contributed by atoms with van der Waals surface area (Å²) in [5.41, 5.74) is 8.05. The maximum absolute atomic E-state index is 11.1. The third-order valence-corrected chi connectivity index (χ3v) is 4.33. The van der Waals surface area contributed by atoms with E-state index in [2.05, 4.69) is 21.7 Å². The van der Waals surface area contributed by atoms with Crippen LogP contribution in [0.3, 0.4) is 0 Å². The minimum atomic E-state index is -0.515. The van der Waals surface area contributed by atoms with Crippen LogP contribution in [0.25, 0.3) is 0 Å². The van der Waals surface area contributed by atoms with Gasteiger partial charge in [-0.25, -0.2) is 4.98 Å². The van der Waals surface area contributed by atoms with Gasteiger partial charge in [-0.05, 0) is 42.2 Å². The normalized spacial score (nSPS) is 15.3. The fourth-order valence-corrected chi connectivity index (χ4v) is 3.06. The van der Waals surface area contributed by atoms with E-state index in [9.17, 15) is 9.59 Å². The van der Waals surface area contributed by atoms with Crippen molar-refractivity contribution in [1.82, 2.24) is 15.6 Å². The van der Waals surface area contributed by atoms with Crippen LogP contribution in [0.2, 0.25) is 0 Å². The Bertz CT molecular complexity index is 805. The molecule has 0 saturated heterocycles. The number of carbonyl (C=O) groups is 2. The zero-order valence-electron chi connectivity index (χ0n) is 14.6. The third kappa shape index (κ3) is 4.37. The summed E-state index contributed by atoms with van der Waals surface area (Å²) in [5.74, 6) is 0.594. The molecule has 136 valence electrons. The Morgan fingerprint density at radius 1 is 1.27 bits per heavy atom. The second kappa shape index (κ2) is 7.97. The highest BCUT2D eigenvalue weighted by atomic mass is 16.5. The Hall–Kier alpha value is -2.93. The summed E-state index contributed by atoms with van der Waals surface area (Å²) in [5, 5.41) is 6.25. The van der Waals surface area contributed by atoms with Crippen molar-refractivity contribution in [3.8, 4) is 11.6 Å². The molecule has 1 aromatic heterocycles. The van der Waals surface area contributed by atoms with Crippen molar-refractivity contribution in [3.05, 3.63) is 53.2 Å². The molecule has 0 spiro atoms. The molecule has 1 aliphatic rings. The number of ether oxygens (including phenoxy) is 1. The summed E-state index contributed by atoms with van der Waals surface area (Å²) in [6.45, 7) is 2.87. The number of pyridine rings is 1. The molecular formula is C19H22N4O3. The Morgan fingerprint density at radius 3 is 2.81 bits per heavy atom. The summed E-state index contributed by atoms with van der Waals surface area (Å²) < 4.78 is 5.77. The first-order valence-corrected chi connectivity index (χ1v) is 8.57. The average Bonchev–Trinajstić information content (AvgIpc) is 3.01. The molecule has 0 aliphatic heterocycles. The average molecular weight is 354 g/mol. The van der Waals surface area contributed by atoms with Gasteiger partial charge in [-0.15, -0.1) is 0 Å². The molecule has 1 aromatic carbocycles. The van der Waals surface area contributed by atoms with Gasteiger partial charge in [-0.1, -0.05) is 6.07 Å². The zero-order valence-corrected chi connectivity index (χ0v) is 14.6. The molecule has 7 nitrogen and oxygen atoms in total. The molecule has 4 N–H and O–H groups in total. The number of benzene rings is 1. The molecular weight excluding hydrogens is 332 g/mol. The van der Waals surface area contributed by atoms with Gasteiger partial charge in [-0.3, -0.25) is 9.59 Å². The van der Waals surface area contributed by atoms with Crippen LogP contribution in [0.5, 0.6) is 11.6 Å². The monoisotopic (exact) mass is 354 g/mol. The topological polar surface area (TPSA) is 106 Å². The van der Waals surface area contributed by atoms with E-state index in [1.54, 1.807) is 12.1 Å². The predicted octanol–water partition coefficient (Wildman–Crippen LogP) is 1.69. The SMILES string of the molecule is CC(=O)NCCNC1CCc2cc(Oc3ccc(C(N)=O)cn3)ccc21. The molecule has 0 bridgehead atoms. The lowest BCUT2D eigenvalue weighted by Crippen LogP contribution is -2.31. The van der Waals surface area contributed by atoms with Crippen LogP contribution in [-0.2, 0) is 11.2 Å². The van der Waals surface area contributed by atoms with Gasteiger partial charge in [0.05, 0.1) is 5.56 Å². The zero-order chi connectivity index (χ0) is 18.5. The van der Waals surface area contributed by atoms with Crippen LogP contribution in [0.1, 0.15) is 40.9 Å². The highest BCUT2D eigenvalue weighted by Gasteiger charge is 2.22. The number of nitrogens with two attached hydrogens (primary N) is 1. The molecule has 1 heterocycles. The maximum Gasteiger partial charge on any atom is 0.250 e. The first-order chi connectivity index (χ1) is 12.5. The number of hydrogen-bond acceptors (Lipinski definition) is 5. The number of rotatable bonds is 7. The number of nitrogens with zero attached hydrogens (tertiary/aromatic N) is 1. The Morgan fingerprint density at radius 2 is 2.12 bits per heavy atom. The van der Waals surface area contributed by atoms with E-state index < -0.39 is 5.91 Å². The van der Waals surface area contributed by atoms with Crippen LogP contribution in [0.15, 0.2) is 36.5 Å². The summed E-state index contributed by atoms with van der Waals surface area (Å²) in [7, 11) is 0. The van der Waals surface area contributed by atoms with Crippen molar-refractivity contribution < 1.29 is 14.3 Å². The number of primary amides is 1. The first-order valence-electron chi connectivity index (χ1n) is 8.57. The van der Waals surface area contributed by atoms with E-state index in [4.69, 9.17) is 10.5 Å². The smallest absolute Gasteiger partial charge is 0.250 e. The van der Waals surface area contributed by atoms with Crippen molar-refractivity contribution in [2.45, 2.75) is 25.8 Å². The van der Waals surface area contributed by atoms with Crippen LogP contribution in [0, 0.1) is 0 Å². The molecule has 0 radical (unpaired) electrons. The summed E-state index contributed by atoms with van der Waals surface area (Å²) >= 11 is 0. The maximum atomic E-state index is 11.1. The number of aromatic nitrogens is 1. The van der Waals surface area contributed by atoms with E-state index in [1.807, 2.05) is 12.1 Å². The summed E-state index contributed by atoms with van der Waals surface area (Å²) in [4.78, 5) is 26.1. The van der Waals surface area contributed by atoms with E-state index in [0.717, 1.165) is 19.4 Å². The summed E-state index contributed by atoms with van der Waals surface area (Å²) in [6, 6.07) is 9.50. The van der Waals surface area contributed by atoms with Crippen LogP contribution >= 0.6 is 0 Å². The third-order valence-electron chi connectivity index (χ3n) is 4.33. The van der Waals surface area contributed by atoms with Crippen molar-refractivity contribution in [3.63, 3.8) is 0 Å². The van der Waals surface area contributed by atoms with Gasteiger partial charge in [0.1, 0.15) is 5.75 Å². The Labute approximate surface area is 151 Å². The fraction of sp³-hybridized carbons (Fsp3) is 0.316. The van der Waals surface area contributed by atoms with Gasteiger partial charge < -0.3 is 21.1 Å². The number of hydrogen-bond donors (Lipinski definition) is 3. The van der Waals surface area contributed by atoms with Crippen LogP contribution in [0.4, 0.5) is 0 Å². The highest BCUT2D eigenvalue weighted by Crippen LogP contribution is 2.34. The molecule has 1 aliphatic carbocycles. The predicted molar refractivity (Wildman–Crippen MR) is 97.0 cm³/mol. The van der Waals surface area contributed by atoms with Crippen LogP contribution < -0.4 is 21.1 Å². The van der Waals surface area contributed by atoms with Crippen molar-refractivity contribution in [1.29, 1.82) is 0 Å². The van der Waals surface area contributed by atoms with Gasteiger partial charge in [0.15, 0.2) is 0 Å². The minimum Gasteiger partial charge on any atom is -0.439 e. The number of carbonyl (C=O) groups excluding carboxylic acids is 2. The minimum absolute atomic E-state index is 0.0158. The fourth-order valence-electron chi connectivity index (χ4n) is 3.06. The largest absolute Gasteiger partial charge is 0.439 e. The standard InChI is InChI=1S/C19H22N4O3/c1-12(24)21-8-9-22-17-6-2-13-10-15(4-5-16(13)17)26-18-7-3-14(11-23-18)19(20)25/h3-5,7,10-11,17,22H,2,6,8-9H2,1H3,(H2,20,25)(H,21,24). The van der Waals surface area contributed by atoms with Gasteiger partial charge in [0.2, 0.25) is 17.7 Å². The van der Waals surface area contributed by atoms with Crippen molar-refractivity contribution in [2.24, 2.45) is 5.73 Å². The molecule has 1 atom stereocenters. The molecule has 0 saturated carbocycles.